The molecule has 0 heterocycles. The number of hydrogen-bond acceptors (Lipinski definition) is 3. The lowest BCUT2D eigenvalue weighted by Crippen LogP contribution is -2.30. The largest absolute Gasteiger partial charge is 0.309 e. The standard InChI is InChI=1S/C12H19FN2O2S/c1-14(2)9-6-10-15(3)18(16,17)12-8-5-4-7-11(12)13/h4-5,7-8H,6,9-10H2,1-3H3. The first-order chi connectivity index (χ1) is 8.35. The summed E-state index contributed by atoms with van der Waals surface area (Å²) in [5, 5.41) is 0. The molecule has 0 aromatic heterocycles. The van der Waals surface area contributed by atoms with Crippen LogP contribution in [0, 0.1) is 5.82 Å². The molecule has 0 spiro atoms. The minimum absolute atomic E-state index is 0.266. The van der Waals surface area contributed by atoms with Gasteiger partial charge in [0.2, 0.25) is 10.0 Å². The van der Waals surface area contributed by atoms with Crippen molar-refractivity contribution in [3.63, 3.8) is 0 Å². The molecule has 0 radical (unpaired) electrons. The third kappa shape index (κ3) is 3.76. The average molecular weight is 274 g/mol. The molecule has 0 N–H and O–H groups in total. The number of benzene rings is 1. The Morgan fingerprint density at radius 3 is 2.28 bits per heavy atom. The molecule has 1 aromatic rings. The van der Waals surface area contributed by atoms with Gasteiger partial charge in [-0.25, -0.2) is 17.1 Å². The molecular weight excluding hydrogens is 255 g/mol. The molecule has 0 saturated carbocycles. The maximum atomic E-state index is 13.5. The second-order valence-electron chi connectivity index (χ2n) is 4.41. The zero-order valence-electron chi connectivity index (χ0n) is 10.9. The normalized spacial score (nSPS) is 12.3. The zero-order chi connectivity index (χ0) is 13.8. The molecule has 4 nitrogen and oxygen atoms in total. The predicted octanol–water partition coefficient (Wildman–Crippen LogP) is 1.40. The van der Waals surface area contributed by atoms with Crippen molar-refractivity contribution in [2.24, 2.45) is 0 Å². The highest BCUT2D eigenvalue weighted by atomic mass is 32.2. The topological polar surface area (TPSA) is 40.6 Å². The van der Waals surface area contributed by atoms with E-state index in [2.05, 4.69) is 0 Å². The summed E-state index contributed by atoms with van der Waals surface area (Å²) in [6.07, 6.45) is 0.706. The van der Waals surface area contributed by atoms with E-state index in [0.29, 0.717) is 13.0 Å². The first-order valence-corrected chi connectivity index (χ1v) is 7.15. The van der Waals surface area contributed by atoms with Gasteiger partial charge in [-0.3, -0.25) is 0 Å². The molecule has 18 heavy (non-hydrogen) atoms. The maximum Gasteiger partial charge on any atom is 0.245 e. The minimum atomic E-state index is -3.73. The van der Waals surface area contributed by atoms with Gasteiger partial charge in [-0.05, 0) is 39.2 Å². The van der Waals surface area contributed by atoms with E-state index in [9.17, 15) is 12.8 Å². The Bertz CT molecular complexity index is 489. The van der Waals surface area contributed by atoms with Gasteiger partial charge in [-0.15, -0.1) is 0 Å². The van der Waals surface area contributed by atoms with Gasteiger partial charge in [0.15, 0.2) is 0 Å². The van der Waals surface area contributed by atoms with E-state index in [0.717, 1.165) is 12.6 Å². The van der Waals surface area contributed by atoms with Crippen molar-refractivity contribution in [3.8, 4) is 0 Å². The second-order valence-corrected chi connectivity index (χ2v) is 6.43. The first-order valence-electron chi connectivity index (χ1n) is 5.71. The second kappa shape index (κ2) is 6.26. The SMILES string of the molecule is CN(C)CCCN(C)S(=O)(=O)c1ccccc1F. The molecule has 6 heteroatoms. The number of hydrogen-bond donors (Lipinski definition) is 0. The van der Waals surface area contributed by atoms with Crippen molar-refractivity contribution in [1.29, 1.82) is 0 Å². The van der Waals surface area contributed by atoms with Gasteiger partial charge in [0.25, 0.3) is 0 Å². The Hall–Kier alpha value is -0.980. The zero-order valence-corrected chi connectivity index (χ0v) is 11.7. The molecule has 102 valence electrons. The molecule has 0 saturated heterocycles. The summed E-state index contributed by atoms with van der Waals surface area (Å²) in [5.74, 6) is -0.711. The lowest BCUT2D eigenvalue weighted by atomic mass is 10.3. The number of rotatable bonds is 6. The van der Waals surface area contributed by atoms with Crippen molar-refractivity contribution >= 4 is 10.0 Å². The maximum absolute atomic E-state index is 13.5. The van der Waals surface area contributed by atoms with E-state index in [-0.39, 0.29) is 4.90 Å². The van der Waals surface area contributed by atoms with Crippen LogP contribution >= 0.6 is 0 Å². The van der Waals surface area contributed by atoms with Gasteiger partial charge < -0.3 is 4.90 Å². The van der Waals surface area contributed by atoms with Crippen LogP contribution < -0.4 is 0 Å². The molecule has 0 aliphatic carbocycles. The lowest BCUT2D eigenvalue weighted by molar-refractivity contribution is 0.369. The molecule has 0 fully saturated rings. The van der Waals surface area contributed by atoms with Gasteiger partial charge in [-0.1, -0.05) is 12.1 Å². The van der Waals surface area contributed by atoms with Crippen molar-refractivity contribution in [3.05, 3.63) is 30.1 Å². The summed E-state index contributed by atoms with van der Waals surface area (Å²) >= 11 is 0. The minimum Gasteiger partial charge on any atom is -0.309 e. The van der Waals surface area contributed by atoms with E-state index in [1.807, 2.05) is 19.0 Å². The quantitative estimate of drug-likeness (QED) is 0.787. The summed E-state index contributed by atoms with van der Waals surface area (Å²) in [4.78, 5) is 1.71. The van der Waals surface area contributed by atoms with Gasteiger partial charge in [0.1, 0.15) is 10.7 Å². The average Bonchev–Trinajstić information content (AvgIpc) is 2.28. The van der Waals surface area contributed by atoms with E-state index >= 15 is 0 Å². The van der Waals surface area contributed by atoms with Crippen molar-refractivity contribution in [2.75, 3.05) is 34.2 Å². The Balaban J connectivity index is 2.78. The molecule has 0 amide bonds. The van der Waals surface area contributed by atoms with Crippen LogP contribution in [0.3, 0.4) is 0 Å². The van der Waals surface area contributed by atoms with Crippen LogP contribution in [0.1, 0.15) is 6.42 Å². The summed E-state index contributed by atoms with van der Waals surface area (Å²) in [6, 6.07) is 5.43. The molecule has 0 unspecified atom stereocenters. The third-order valence-corrected chi connectivity index (χ3v) is 4.49. The van der Waals surface area contributed by atoms with Crippen LogP contribution in [-0.4, -0.2) is 51.9 Å². The summed E-state index contributed by atoms with van der Waals surface area (Å²) in [7, 11) is 1.59. The van der Waals surface area contributed by atoms with Crippen LogP contribution in [0.2, 0.25) is 0 Å². The molecule has 0 bridgehead atoms. The summed E-state index contributed by atoms with van der Waals surface area (Å²) in [6.45, 7) is 1.16. The van der Waals surface area contributed by atoms with Gasteiger partial charge >= 0.3 is 0 Å². The van der Waals surface area contributed by atoms with E-state index in [4.69, 9.17) is 0 Å². The highest BCUT2D eigenvalue weighted by Crippen LogP contribution is 2.17. The Kier molecular flexibility index (Phi) is 5.25. The molecular formula is C12H19FN2O2S. The molecule has 0 aliphatic heterocycles. The van der Waals surface area contributed by atoms with Crippen LogP contribution in [0.15, 0.2) is 29.2 Å². The highest BCUT2D eigenvalue weighted by Gasteiger charge is 2.23. The van der Waals surface area contributed by atoms with Crippen molar-refractivity contribution in [1.82, 2.24) is 9.21 Å². The summed E-state index contributed by atoms with van der Waals surface area (Å²) < 4.78 is 38.9. The lowest BCUT2D eigenvalue weighted by Gasteiger charge is -2.18. The number of sulfonamides is 1. The smallest absolute Gasteiger partial charge is 0.245 e. The van der Waals surface area contributed by atoms with Crippen LogP contribution in [0.4, 0.5) is 4.39 Å². The van der Waals surface area contributed by atoms with Gasteiger partial charge in [0, 0.05) is 13.6 Å². The number of halogens is 1. The Labute approximate surface area is 108 Å². The predicted molar refractivity (Wildman–Crippen MR) is 69.4 cm³/mol. The van der Waals surface area contributed by atoms with Crippen molar-refractivity contribution < 1.29 is 12.8 Å². The number of nitrogens with zero attached hydrogens (tertiary/aromatic N) is 2. The molecule has 1 rings (SSSR count). The van der Waals surface area contributed by atoms with Crippen molar-refractivity contribution in [2.45, 2.75) is 11.3 Å². The highest BCUT2D eigenvalue weighted by molar-refractivity contribution is 7.89. The molecule has 0 atom stereocenters. The molecule has 0 aliphatic rings. The fourth-order valence-electron chi connectivity index (χ4n) is 1.55. The van der Waals surface area contributed by atoms with Crippen LogP contribution in [-0.2, 0) is 10.0 Å². The van der Waals surface area contributed by atoms with Crippen LogP contribution in [0.5, 0.6) is 0 Å². The van der Waals surface area contributed by atoms with Gasteiger partial charge in [0.05, 0.1) is 0 Å². The van der Waals surface area contributed by atoms with E-state index in [1.165, 1.54) is 29.6 Å². The van der Waals surface area contributed by atoms with Gasteiger partial charge in [-0.2, -0.15) is 0 Å². The fraction of sp³-hybridized carbons (Fsp3) is 0.500. The Morgan fingerprint density at radius 1 is 1.11 bits per heavy atom. The Morgan fingerprint density at radius 2 is 1.72 bits per heavy atom. The van der Waals surface area contributed by atoms with E-state index < -0.39 is 15.8 Å². The van der Waals surface area contributed by atoms with E-state index in [1.54, 1.807) is 0 Å². The third-order valence-electron chi connectivity index (χ3n) is 2.60. The first kappa shape index (κ1) is 15.1. The van der Waals surface area contributed by atoms with Crippen LogP contribution in [0.25, 0.3) is 0 Å². The fourth-order valence-corrected chi connectivity index (χ4v) is 2.82. The monoisotopic (exact) mass is 274 g/mol. The molecule has 1 aromatic carbocycles. The summed E-state index contributed by atoms with van der Waals surface area (Å²) in [5.41, 5.74) is 0.